The van der Waals surface area contributed by atoms with Gasteiger partial charge >= 0.3 is 0 Å². The highest BCUT2D eigenvalue weighted by molar-refractivity contribution is 6.12. The van der Waals surface area contributed by atoms with E-state index in [1.807, 2.05) is 56.4 Å². The van der Waals surface area contributed by atoms with Gasteiger partial charge in [0.05, 0.1) is 17.2 Å². The molecule has 1 N–H and O–H groups in total. The number of ether oxygens (including phenoxy) is 1. The zero-order valence-electron chi connectivity index (χ0n) is 16.3. The topological polar surface area (TPSA) is 76.8 Å². The van der Waals surface area contributed by atoms with Gasteiger partial charge in [-0.15, -0.1) is 0 Å². The van der Waals surface area contributed by atoms with E-state index in [2.05, 4.69) is 32.2 Å². The Labute approximate surface area is 167 Å². The minimum absolute atomic E-state index is 0.443. The van der Waals surface area contributed by atoms with E-state index in [-0.39, 0.29) is 0 Å². The lowest BCUT2D eigenvalue weighted by Crippen LogP contribution is -1.96. The van der Waals surface area contributed by atoms with Crippen molar-refractivity contribution < 1.29 is 9.26 Å². The molecule has 0 unspecified atom stereocenters. The molecule has 29 heavy (non-hydrogen) atoms. The molecule has 6 heteroatoms. The van der Waals surface area contributed by atoms with E-state index in [4.69, 9.17) is 9.26 Å². The quantitative estimate of drug-likeness (QED) is 0.450. The third kappa shape index (κ3) is 3.02. The molecule has 144 valence electrons. The van der Waals surface area contributed by atoms with Crippen LogP contribution in [0.2, 0.25) is 0 Å². The van der Waals surface area contributed by atoms with Crippen LogP contribution in [0.3, 0.4) is 0 Å². The van der Waals surface area contributed by atoms with Crippen molar-refractivity contribution in [2.45, 2.75) is 26.9 Å². The number of nitrogens with one attached hydrogen (secondary N) is 1. The van der Waals surface area contributed by atoms with Gasteiger partial charge in [0.15, 0.2) is 5.82 Å². The van der Waals surface area contributed by atoms with Gasteiger partial charge in [0, 0.05) is 17.2 Å². The Bertz CT molecular complexity index is 1300. The molecule has 0 amide bonds. The second kappa shape index (κ2) is 7.05. The second-order valence-corrected chi connectivity index (χ2v) is 6.97. The molecular weight excluding hydrogens is 364 g/mol. The summed E-state index contributed by atoms with van der Waals surface area (Å²) in [5, 5.41) is 6.10. The molecule has 5 aromatic rings. The molecule has 2 aromatic carbocycles. The van der Waals surface area contributed by atoms with E-state index in [9.17, 15) is 0 Å². The molecule has 0 fully saturated rings. The molecule has 0 saturated heterocycles. The first-order valence-corrected chi connectivity index (χ1v) is 9.64. The fourth-order valence-electron chi connectivity index (χ4n) is 3.63. The maximum Gasteiger partial charge on any atom is 0.276 e. The zero-order valence-corrected chi connectivity index (χ0v) is 16.3. The zero-order chi connectivity index (χ0) is 19.8. The van der Waals surface area contributed by atoms with Crippen molar-refractivity contribution >= 4 is 21.8 Å². The van der Waals surface area contributed by atoms with Gasteiger partial charge in [-0.1, -0.05) is 48.5 Å². The van der Waals surface area contributed by atoms with Crippen molar-refractivity contribution in [3.05, 3.63) is 71.7 Å². The molecule has 3 heterocycles. The van der Waals surface area contributed by atoms with Crippen LogP contribution >= 0.6 is 0 Å². The van der Waals surface area contributed by atoms with Gasteiger partial charge in [-0.2, -0.15) is 4.98 Å². The molecule has 0 aliphatic rings. The van der Waals surface area contributed by atoms with Gasteiger partial charge in [-0.05, 0) is 30.2 Å². The Morgan fingerprint density at radius 1 is 1.00 bits per heavy atom. The summed E-state index contributed by atoms with van der Waals surface area (Å²) in [6.07, 6.45) is 2.53. The van der Waals surface area contributed by atoms with Crippen molar-refractivity contribution in [1.82, 2.24) is 20.1 Å². The number of nitrogens with zero attached hydrogens (tertiary/aromatic N) is 3. The number of hydrogen-bond acceptors (Lipinski definition) is 5. The van der Waals surface area contributed by atoms with Gasteiger partial charge in [0.25, 0.3) is 5.89 Å². The Morgan fingerprint density at radius 2 is 1.86 bits per heavy atom. The smallest absolute Gasteiger partial charge is 0.276 e. The Morgan fingerprint density at radius 3 is 2.66 bits per heavy atom. The summed E-state index contributed by atoms with van der Waals surface area (Å²) in [4.78, 5) is 12.5. The highest BCUT2D eigenvalue weighted by Gasteiger charge is 2.19. The predicted molar refractivity (Wildman–Crippen MR) is 112 cm³/mol. The average molecular weight is 384 g/mol. The minimum Gasteiger partial charge on any atom is -0.488 e. The van der Waals surface area contributed by atoms with Crippen LogP contribution in [0.25, 0.3) is 33.4 Å². The van der Waals surface area contributed by atoms with Crippen LogP contribution in [0.1, 0.15) is 23.9 Å². The molecule has 5 rings (SSSR count). The summed E-state index contributed by atoms with van der Waals surface area (Å²) >= 11 is 0. The summed E-state index contributed by atoms with van der Waals surface area (Å²) < 4.78 is 11.6. The number of benzene rings is 2. The number of rotatable bonds is 5. The van der Waals surface area contributed by atoms with Crippen LogP contribution < -0.4 is 4.74 Å². The lowest BCUT2D eigenvalue weighted by atomic mass is 10.1. The maximum absolute atomic E-state index is 6.20. The Hall–Kier alpha value is -3.67. The van der Waals surface area contributed by atoms with Crippen molar-refractivity contribution in [3.8, 4) is 17.3 Å². The van der Waals surface area contributed by atoms with Crippen LogP contribution in [0.5, 0.6) is 5.75 Å². The molecule has 6 nitrogen and oxygen atoms in total. The van der Waals surface area contributed by atoms with E-state index in [1.165, 1.54) is 0 Å². The number of hydrogen-bond donors (Lipinski definition) is 1. The molecule has 0 aliphatic carbocycles. The largest absolute Gasteiger partial charge is 0.488 e. The van der Waals surface area contributed by atoms with E-state index < -0.39 is 0 Å². The van der Waals surface area contributed by atoms with Crippen molar-refractivity contribution in [3.63, 3.8) is 0 Å². The van der Waals surface area contributed by atoms with Gasteiger partial charge in [0.2, 0.25) is 0 Å². The summed E-state index contributed by atoms with van der Waals surface area (Å²) in [5.74, 6) is 1.95. The second-order valence-electron chi connectivity index (χ2n) is 6.97. The molecule has 0 saturated carbocycles. The molecule has 0 radical (unpaired) electrons. The number of H-pyrrole nitrogens is 1. The van der Waals surface area contributed by atoms with Crippen molar-refractivity contribution in [2.24, 2.45) is 0 Å². The van der Waals surface area contributed by atoms with E-state index >= 15 is 0 Å². The molecule has 3 aromatic heterocycles. The molecule has 0 spiro atoms. The van der Waals surface area contributed by atoms with E-state index in [0.29, 0.717) is 24.0 Å². The number of aromatic amines is 1. The first-order valence-electron chi connectivity index (χ1n) is 9.64. The van der Waals surface area contributed by atoms with Crippen LogP contribution in [-0.4, -0.2) is 20.1 Å². The number of pyridine rings is 1. The van der Waals surface area contributed by atoms with Crippen LogP contribution in [0.4, 0.5) is 0 Å². The first-order chi connectivity index (χ1) is 14.2. The normalized spacial score (nSPS) is 11.4. The maximum atomic E-state index is 6.20. The van der Waals surface area contributed by atoms with Crippen molar-refractivity contribution in [2.75, 3.05) is 0 Å². The standard InChI is InChI=1S/C23H20N4O2/c1-3-19-26-23(29-27-19)22-14(2)20-17(12-24-22)25-16-10-7-11-18(21(16)20)28-13-15-8-5-4-6-9-15/h4-12,25H,3,13H2,1-2H3. The molecule has 0 atom stereocenters. The molecular formula is C23H20N4O2. The van der Waals surface area contributed by atoms with Gasteiger partial charge in [-0.25, -0.2) is 4.98 Å². The highest BCUT2D eigenvalue weighted by Crippen LogP contribution is 2.37. The Kier molecular flexibility index (Phi) is 4.24. The summed E-state index contributed by atoms with van der Waals surface area (Å²) in [6.45, 7) is 4.53. The number of fused-ring (bicyclic) bond motifs is 3. The highest BCUT2D eigenvalue weighted by atomic mass is 16.5. The van der Waals surface area contributed by atoms with Gasteiger partial charge in [0.1, 0.15) is 18.1 Å². The van der Waals surface area contributed by atoms with E-state index in [0.717, 1.165) is 45.1 Å². The monoisotopic (exact) mass is 384 g/mol. The third-order valence-electron chi connectivity index (χ3n) is 5.09. The lowest BCUT2D eigenvalue weighted by Gasteiger charge is -2.09. The predicted octanol–water partition coefficient (Wildman–Crippen LogP) is 5.22. The lowest BCUT2D eigenvalue weighted by molar-refractivity contribution is 0.310. The fraction of sp³-hybridized carbons (Fsp3) is 0.174. The van der Waals surface area contributed by atoms with Gasteiger partial charge in [-0.3, -0.25) is 0 Å². The van der Waals surface area contributed by atoms with Crippen LogP contribution in [0.15, 0.2) is 59.3 Å². The number of aryl methyl sites for hydroxylation is 2. The van der Waals surface area contributed by atoms with Crippen LogP contribution in [-0.2, 0) is 13.0 Å². The first kappa shape index (κ1) is 17.4. The van der Waals surface area contributed by atoms with Gasteiger partial charge < -0.3 is 14.2 Å². The molecule has 0 bridgehead atoms. The third-order valence-corrected chi connectivity index (χ3v) is 5.09. The average Bonchev–Trinajstić information content (AvgIpc) is 3.38. The van der Waals surface area contributed by atoms with Crippen LogP contribution in [0, 0.1) is 6.92 Å². The van der Waals surface area contributed by atoms with Crippen molar-refractivity contribution in [1.29, 1.82) is 0 Å². The summed E-state index contributed by atoms with van der Waals surface area (Å²) in [7, 11) is 0. The SMILES string of the molecule is CCc1noc(-c2ncc3[nH]c4cccc(OCc5ccccc5)c4c3c2C)n1. The fourth-order valence-corrected chi connectivity index (χ4v) is 3.63. The number of aromatic nitrogens is 4. The molecule has 0 aliphatic heterocycles. The minimum atomic E-state index is 0.443. The summed E-state index contributed by atoms with van der Waals surface area (Å²) in [5.41, 5.74) is 4.76. The van der Waals surface area contributed by atoms with E-state index in [1.54, 1.807) is 0 Å². The Balaban J connectivity index is 1.64. The summed E-state index contributed by atoms with van der Waals surface area (Å²) in [6, 6.07) is 16.2.